The maximum absolute atomic E-state index is 8.81. The zero-order chi connectivity index (χ0) is 10.4. The monoisotopic (exact) mass is 201 g/mol. The number of rotatable bonds is 5. The first-order valence-corrected chi connectivity index (χ1v) is 5.55. The number of nitrogens with two attached hydrogens (primary N) is 1. The van der Waals surface area contributed by atoms with Crippen LogP contribution in [0.15, 0.2) is 0 Å². The van der Waals surface area contributed by atoms with Crippen molar-refractivity contribution < 1.29 is 5.11 Å². The summed E-state index contributed by atoms with van der Waals surface area (Å²) in [4.78, 5) is 4.80. The van der Waals surface area contributed by atoms with E-state index in [2.05, 4.69) is 16.7 Å². The predicted molar refractivity (Wildman–Crippen MR) is 58.2 cm³/mol. The molecule has 0 aliphatic carbocycles. The molecular formula is C10H23N3O. The summed E-state index contributed by atoms with van der Waals surface area (Å²) in [5.74, 6) is 0. The molecule has 1 saturated heterocycles. The SMILES string of the molecule is CC(CCN)N1CCN(CCO)CC1. The van der Waals surface area contributed by atoms with Crippen molar-refractivity contribution in [1.82, 2.24) is 9.80 Å². The van der Waals surface area contributed by atoms with Crippen LogP contribution in [0.25, 0.3) is 0 Å². The van der Waals surface area contributed by atoms with Gasteiger partial charge in [0.15, 0.2) is 0 Å². The second kappa shape index (κ2) is 6.35. The number of aliphatic hydroxyl groups is 1. The van der Waals surface area contributed by atoms with Gasteiger partial charge in [-0.05, 0) is 19.9 Å². The van der Waals surface area contributed by atoms with E-state index in [1.54, 1.807) is 0 Å². The first-order chi connectivity index (χ1) is 6.77. The fourth-order valence-electron chi connectivity index (χ4n) is 1.99. The van der Waals surface area contributed by atoms with Gasteiger partial charge in [0.25, 0.3) is 0 Å². The molecule has 1 rings (SSSR count). The molecule has 1 fully saturated rings. The molecule has 0 amide bonds. The molecule has 0 aromatic heterocycles. The molecule has 0 bridgehead atoms. The molecule has 84 valence electrons. The van der Waals surface area contributed by atoms with E-state index in [0.717, 1.165) is 45.7 Å². The van der Waals surface area contributed by atoms with Gasteiger partial charge in [-0.3, -0.25) is 9.80 Å². The van der Waals surface area contributed by atoms with Gasteiger partial charge >= 0.3 is 0 Å². The first kappa shape index (κ1) is 11.9. The Morgan fingerprint density at radius 2 is 1.93 bits per heavy atom. The van der Waals surface area contributed by atoms with E-state index < -0.39 is 0 Å². The van der Waals surface area contributed by atoms with E-state index in [4.69, 9.17) is 10.8 Å². The van der Waals surface area contributed by atoms with Crippen molar-refractivity contribution in [3.8, 4) is 0 Å². The average Bonchev–Trinajstić information content (AvgIpc) is 2.20. The standard InChI is InChI=1S/C10H23N3O/c1-10(2-3-11)13-6-4-12(5-7-13)8-9-14/h10,14H,2-9,11H2,1H3. The van der Waals surface area contributed by atoms with Gasteiger partial charge in [-0.1, -0.05) is 0 Å². The fourth-order valence-corrected chi connectivity index (χ4v) is 1.99. The molecule has 14 heavy (non-hydrogen) atoms. The Bertz CT molecular complexity index is 146. The van der Waals surface area contributed by atoms with Crippen molar-refractivity contribution in [3.05, 3.63) is 0 Å². The van der Waals surface area contributed by atoms with Gasteiger partial charge in [0.1, 0.15) is 0 Å². The third-order valence-electron chi connectivity index (χ3n) is 3.03. The highest BCUT2D eigenvalue weighted by Gasteiger charge is 2.19. The molecule has 1 atom stereocenters. The topological polar surface area (TPSA) is 52.7 Å². The molecule has 3 N–H and O–H groups in total. The number of hydrogen-bond donors (Lipinski definition) is 2. The van der Waals surface area contributed by atoms with E-state index in [1.807, 2.05) is 0 Å². The van der Waals surface area contributed by atoms with E-state index in [1.165, 1.54) is 0 Å². The van der Waals surface area contributed by atoms with Gasteiger partial charge in [-0.25, -0.2) is 0 Å². The maximum atomic E-state index is 8.81. The van der Waals surface area contributed by atoms with E-state index in [9.17, 15) is 0 Å². The highest BCUT2D eigenvalue weighted by molar-refractivity contribution is 4.76. The van der Waals surface area contributed by atoms with Gasteiger partial charge in [-0.15, -0.1) is 0 Å². The Morgan fingerprint density at radius 1 is 1.29 bits per heavy atom. The van der Waals surface area contributed by atoms with Crippen LogP contribution in [-0.2, 0) is 0 Å². The number of hydrogen-bond acceptors (Lipinski definition) is 4. The van der Waals surface area contributed by atoms with Crippen LogP contribution in [0.3, 0.4) is 0 Å². The summed E-state index contributed by atoms with van der Waals surface area (Å²) >= 11 is 0. The van der Waals surface area contributed by atoms with Gasteiger partial charge in [0.2, 0.25) is 0 Å². The molecule has 0 spiro atoms. The second-order valence-electron chi connectivity index (χ2n) is 4.03. The number of aliphatic hydroxyl groups excluding tert-OH is 1. The molecule has 1 unspecified atom stereocenters. The van der Waals surface area contributed by atoms with Crippen LogP contribution in [0, 0.1) is 0 Å². The van der Waals surface area contributed by atoms with Crippen LogP contribution in [0.2, 0.25) is 0 Å². The molecule has 1 aliphatic heterocycles. The average molecular weight is 201 g/mol. The zero-order valence-electron chi connectivity index (χ0n) is 9.15. The van der Waals surface area contributed by atoms with Crippen molar-refractivity contribution in [3.63, 3.8) is 0 Å². The van der Waals surface area contributed by atoms with E-state index >= 15 is 0 Å². The van der Waals surface area contributed by atoms with Crippen LogP contribution >= 0.6 is 0 Å². The Morgan fingerprint density at radius 3 is 2.43 bits per heavy atom. The molecular weight excluding hydrogens is 178 g/mol. The van der Waals surface area contributed by atoms with E-state index in [-0.39, 0.29) is 6.61 Å². The molecule has 4 nitrogen and oxygen atoms in total. The number of nitrogens with zero attached hydrogens (tertiary/aromatic N) is 2. The summed E-state index contributed by atoms with van der Waals surface area (Å²) in [6.07, 6.45) is 1.08. The van der Waals surface area contributed by atoms with Crippen LogP contribution < -0.4 is 5.73 Å². The van der Waals surface area contributed by atoms with Crippen molar-refractivity contribution >= 4 is 0 Å². The molecule has 1 heterocycles. The second-order valence-corrected chi connectivity index (χ2v) is 4.03. The molecule has 4 heteroatoms. The van der Waals surface area contributed by atoms with Crippen molar-refractivity contribution in [1.29, 1.82) is 0 Å². The lowest BCUT2D eigenvalue weighted by Crippen LogP contribution is -2.50. The summed E-state index contributed by atoms with van der Waals surface area (Å²) in [5.41, 5.74) is 5.54. The molecule has 0 saturated carbocycles. The van der Waals surface area contributed by atoms with Crippen LogP contribution in [0.5, 0.6) is 0 Å². The van der Waals surface area contributed by atoms with Crippen LogP contribution in [0.1, 0.15) is 13.3 Å². The van der Waals surface area contributed by atoms with Gasteiger partial charge in [-0.2, -0.15) is 0 Å². The fraction of sp³-hybridized carbons (Fsp3) is 1.00. The molecule has 1 aliphatic rings. The largest absolute Gasteiger partial charge is 0.395 e. The lowest BCUT2D eigenvalue weighted by atomic mass is 10.1. The Hall–Kier alpha value is -0.160. The van der Waals surface area contributed by atoms with Crippen LogP contribution in [0.4, 0.5) is 0 Å². The van der Waals surface area contributed by atoms with Gasteiger partial charge in [0.05, 0.1) is 6.61 Å². The van der Waals surface area contributed by atoms with Gasteiger partial charge in [0, 0.05) is 38.8 Å². The number of β-amino-alcohol motifs (C(OH)–C–C–N with tert-alkyl or cyclic N) is 1. The van der Waals surface area contributed by atoms with Crippen LogP contribution in [-0.4, -0.2) is 66.8 Å². The third kappa shape index (κ3) is 3.53. The highest BCUT2D eigenvalue weighted by Crippen LogP contribution is 2.07. The van der Waals surface area contributed by atoms with Crippen molar-refractivity contribution in [2.45, 2.75) is 19.4 Å². The molecule has 0 aromatic carbocycles. The summed E-state index contributed by atoms with van der Waals surface area (Å²) in [5, 5.41) is 8.81. The molecule has 0 aromatic rings. The quantitative estimate of drug-likeness (QED) is 0.620. The first-order valence-electron chi connectivity index (χ1n) is 5.55. The highest BCUT2D eigenvalue weighted by atomic mass is 16.3. The van der Waals surface area contributed by atoms with Crippen molar-refractivity contribution in [2.75, 3.05) is 45.9 Å². The third-order valence-corrected chi connectivity index (χ3v) is 3.03. The normalized spacial score (nSPS) is 22.5. The minimum Gasteiger partial charge on any atom is -0.395 e. The molecule has 0 radical (unpaired) electrons. The summed E-state index contributed by atoms with van der Waals surface area (Å²) in [6.45, 7) is 8.50. The zero-order valence-corrected chi connectivity index (χ0v) is 9.15. The number of piperazine rings is 1. The lowest BCUT2D eigenvalue weighted by Gasteiger charge is -2.37. The minimum absolute atomic E-state index is 0.276. The summed E-state index contributed by atoms with van der Waals surface area (Å²) in [7, 11) is 0. The predicted octanol–water partition coefficient (Wildman–Crippen LogP) is -0.666. The minimum atomic E-state index is 0.276. The lowest BCUT2D eigenvalue weighted by molar-refractivity contribution is 0.0869. The summed E-state index contributed by atoms with van der Waals surface area (Å²) < 4.78 is 0. The maximum Gasteiger partial charge on any atom is 0.0558 e. The van der Waals surface area contributed by atoms with Crippen molar-refractivity contribution in [2.24, 2.45) is 5.73 Å². The van der Waals surface area contributed by atoms with Gasteiger partial charge < -0.3 is 10.8 Å². The van der Waals surface area contributed by atoms with E-state index in [0.29, 0.717) is 6.04 Å². The Balaban J connectivity index is 2.21. The Labute approximate surface area is 86.7 Å². The Kier molecular flexibility index (Phi) is 5.40. The smallest absolute Gasteiger partial charge is 0.0558 e. The summed E-state index contributed by atoms with van der Waals surface area (Å²) in [6, 6.07) is 0.608.